The molecule has 0 spiro atoms. The van der Waals surface area contributed by atoms with Crippen molar-refractivity contribution in [3.05, 3.63) is 0 Å². The van der Waals surface area contributed by atoms with Crippen LogP contribution in [0.4, 0.5) is 0 Å². The largest absolute Gasteiger partial charge is 0.307 e. The molecule has 0 unspecified atom stereocenters. The minimum atomic E-state index is 0.314. The van der Waals surface area contributed by atoms with Gasteiger partial charge in [0.1, 0.15) is 0 Å². The number of piperidine rings is 1. The summed E-state index contributed by atoms with van der Waals surface area (Å²) in [5, 5.41) is 3.76. The van der Waals surface area contributed by atoms with Gasteiger partial charge >= 0.3 is 0 Å². The van der Waals surface area contributed by atoms with Gasteiger partial charge in [-0.1, -0.05) is 26.7 Å². The van der Waals surface area contributed by atoms with E-state index >= 15 is 0 Å². The van der Waals surface area contributed by atoms with E-state index in [1.54, 1.807) is 0 Å². The van der Waals surface area contributed by atoms with Gasteiger partial charge in [-0.25, -0.2) is 0 Å². The topological polar surface area (TPSA) is 12.0 Å². The van der Waals surface area contributed by atoms with Gasteiger partial charge in [-0.15, -0.1) is 0 Å². The zero-order chi connectivity index (χ0) is 11.7. The van der Waals surface area contributed by atoms with Gasteiger partial charge in [0.15, 0.2) is 0 Å². The first-order valence-electron chi connectivity index (χ1n) is 6.59. The molecule has 1 N–H and O–H groups in total. The molecular weight excluding hydrogens is 182 g/mol. The second kappa shape index (κ2) is 4.45. The molecule has 0 amide bonds. The zero-order valence-corrected chi connectivity index (χ0v) is 11.5. The van der Waals surface area contributed by atoms with Crippen molar-refractivity contribution in [2.75, 3.05) is 0 Å². The molecule has 15 heavy (non-hydrogen) atoms. The van der Waals surface area contributed by atoms with Crippen molar-refractivity contribution in [3.63, 3.8) is 0 Å². The Labute approximate surface area is 96.0 Å². The van der Waals surface area contributed by atoms with Gasteiger partial charge < -0.3 is 5.32 Å². The van der Waals surface area contributed by atoms with Crippen LogP contribution in [0, 0.1) is 11.8 Å². The van der Waals surface area contributed by atoms with Crippen molar-refractivity contribution in [2.24, 2.45) is 11.8 Å². The van der Waals surface area contributed by atoms with Crippen molar-refractivity contribution >= 4 is 0 Å². The first-order chi connectivity index (χ1) is 6.79. The smallest absolute Gasteiger partial charge is 0.0132 e. The van der Waals surface area contributed by atoms with Crippen LogP contribution in [-0.4, -0.2) is 11.1 Å². The van der Waals surface area contributed by atoms with Crippen LogP contribution in [0.25, 0.3) is 0 Å². The normalized spacial score (nSPS) is 25.8. The third-order valence-electron chi connectivity index (χ3n) is 3.94. The van der Waals surface area contributed by atoms with E-state index in [1.165, 1.54) is 25.7 Å². The van der Waals surface area contributed by atoms with Gasteiger partial charge in [0, 0.05) is 11.1 Å². The van der Waals surface area contributed by atoms with E-state index in [0.29, 0.717) is 11.1 Å². The Morgan fingerprint density at radius 3 is 1.73 bits per heavy atom. The lowest BCUT2D eigenvalue weighted by molar-refractivity contribution is 0.0893. The Morgan fingerprint density at radius 2 is 1.40 bits per heavy atom. The molecule has 1 saturated heterocycles. The molecule has 1 aliphatic heterocycles. The Balaban J connectivity index is 2.74. The fourth-order valence-corrected chi connectivity index (χ4v) is 3.69. The van der Waals surface area contributed by atoms with Gasteiger partial charge in [0.25, 0.3) is 0 Å². The van der Waals surface area contributed by atoms with Gasteiger partial charge in [-0.2, -0.15) is 0 Å². The molecule has 0 saturated carbocycles. The van der Waals surface area contributed by atoms with Crippen LogP contribution in [0.5, 0.6) is 0 Å². The minimum absolute atomic E-state index is 0.314. The Morgan fingerprint density at radius 1 is 1.00 bits per heavy atom. The highest BCUT2D eigenvalue weighted by Crippen LogP contribution is 2.38. The first kappa shape index (κ1) is 13.0. The average Bonchev–Trinajstić information content (AvgIpc) is 2.00. The van der Waals surface area contributed by atoms with Crippen molar-refractivity contribution in [2.45, 2.75) is 78.3 Å². The van der Waals surface area contributed by atoms with E-state index in [9.17, 15) is 0 Å². The van der Waals surface area contributed by atoms with Crippen LogP contribution in [0.15, 0.2) is 0 Å². The number of hydrogen-bond acceptors (Lipinski definition) is 1. The summed E-state index contributed by atoms with van der Waals surface area (Å²) < 4.78 is 0. The summed E-state index contributed by atoms with van der Waals surface area (Å²) in [5.74, 6) is 1.83. The van der Waals surface area contributed by atoms with Crippen LogP contribution in [-0.2, 0) is 0 Å². The molecule has 0 aromatic carbocycles. The van der Waals surface area contributed by atoms with E-state index < -0.39 is 0 Å². The van der Waals surface area contributed by atoms with E-state index in [1.807, 2.05) is 0 Å². The molecule has 90 valence electrons. The molecular formula is C14H29N. The molecule has 0 bridgehead atoms. The summed E-state index contributed by atoms with van der Waals surface area (Å²) in [6.07, 6.45) is 5.35. The average molecular weight is 211 g/mol. The molecule has 0 atom stereocenters. The lowest BCUT2D eigenvalue weighted by Crippen LogP contribution is -2.58. The molecule has 0 aliphatic carbocycles. The molecule has 0 aromatic heterocycles. The van der Waals surface area contributed by atoms with Gasteiger partial charge in [-0.05, 0) is 52.4 Å². The quantitative estimate of drug-likeness (QED) is 0.744. The van der Waals surface area contributed by atoms with Crippen LogP contribution >= 0.6 is 0 Å². The van der Waals surface area contributed by atoms with E-state index in [4.69, 9.17) is 0 Å². The summed E-state index contributed by atoms with van der Waals surface area (Å²) in [6.45, 7) is 14.1. The van der Waals surface area contributed by atoms with Crippen LogP contribution < -0.4 is 5.32 Å². The summed E-state index contributed by atoms with van der Waals surface area (Å²) in [6, 6.07) is 0. The number of nitrogens with one attached hydrogen (secondary N) is 1. The van der Waals surface area contributed by atoms with Crippen molar-refractivity contribution in [3.8, 4) is 0 Å². The fraction of sp³-hybridized carbons (Fsp3) is 1.00. The molecule has 1 heteroatoms. The maximum Gasteiger partial charge on any atom is 0.0132 e. The van der Waals surface area contributed by atoms with Gasteiger partial charge in [-0.3, -0.25) is 0 Å². The maximum absolute atomic E-state index is 3.76. The third-order valence-corrected chi connectivity index (χ3v) is 3.94. The van der Waals surface area contributed by atoms with Gasteiger partial charge in [0.05, 0.1) is 0 Å². The van der Waals surface area contributed by atoms with E-state index in [-0.39, 0.29) is 0 Å². The summed E-state index contributed by atoms with van der Waals surface area (Å²) in [7, 11) is 0. The Kier molecular flexibility index (Phi) is 3.86. The second-order valence-electron chi connectivity index (χ2n) is 6.64. The Bertz CT molecular complexity index is 185. The van der Waals surface area contributed by atoms with Gasteiger partial charge in [0.2, 0.25) is 0 Å². The van der Waals surface area contributed by atoms with Crippen molar-refractivity contribution in [1.82, 2.24) is 5.32 Å². The summed E-state index contributed by atoms with van der Waals surface area (Å²) in [5.41, 5.74) is 0.629. The molecule has 1 rings (SSSR count). The predicted octanol–water partition coefficient (Wildman–Crippen LogP) is 3.98. The lowest BCUT2D eigenvalue weighted by atomic mass is 9.69. The second-order valence-corrected chi connectivity index (χ2v) is 6.64. The van der Waals surface area contributed by atoms with Crippen LogP contribution in [0.2, 0.25) is 0 Å². The summed E-state index contributed by atoms with van der Waals surface area (Å²) in [4.78, 5) is 0. The van der Waals surface area contributed by atoms with E-state index in [2.05, 4.69) is 46.9 Å². The van der Waals surface area contributed by atoms with Crippen molar-refractivity contribution < 1.29 is 0 Å². The van der Waals surface area contributed by atoms with Crippen LogP contribution in [0.1, 0.15) is 67.2 Å². The third kappa shape index (κ3) is 3.48. The summed E-state index contributed by atoms with van der Waals surface area (Å²) >= 11 is 0. The minimum Gasteiger partial charge on any atom is -0.307 e. The van der Waals surface area contributed by atoms with Crippen molar-refractivity contribution in [1.29, 1.82) is 0 Å². The highest BCUT2D eigenvalue weighted by atomic mass is 15.0. The predicted molar refractivity (Wildman–Crippen MR) is 68.1 cm³/mol. The lowest BCUT2D eigenvalue weighted by Gasteiger charge is -2.48. The highest BCUT2D eigenvalue weighted by Gasteiger charge is 2.39. The van der Waals surface area contributed by atoms with Crippen LogP contribution in [0.3, 0.4) is 0 Å². The highest BCUT2D eigenvalue weighted by molar-refractivity contribution is 4.98. The number of hydrogen-bond donors (Lipinski definition) is 1. The molecule has 1 fully saturated rings. The molecule has 0 radical (unpaired) electrons. The fourth-order valence-electron chi connectivity index (χ4n) is 3.69. The SMILES string of the molecule is CCC(CC)C1CC(C)(C)NC(C)(C)C1. The molecule has 1 heterocycles. The number of rotatable bonds is 3. The standard InChI is InChI=1S/C14H29N/c1-7-11(8-2)12-9-13(3,4)15-14(5,6)10-12/h11-12,15H,7-10H2,1-6H3. The first-order valence-corrected chi connectivity index (χ1v) is 6.59. The molecule has 1 aliphatic rings. The zero-order valence-electron chi connectivity index (χ0n) is 11.5. The monoisotopic (exact) mass is 211 g/mol. The Hall–Kier alpha value is -0.0400. The van der Waals surface area contributed by atoms with E-state index in [0.717, 1.165) is 11.8 Å². The maximum atomic E-state index is 3.76. The molecule has 0 aromatic rings. The molecule has 1 nitrogen and oxygen atoms in total.